The minimum Gasteiger partial charge on any atom is -0.426 e. The van der Waals surface area contributed by atoms with E-state index in [-0.39, 0.29) is 10.6 Å². The van der Waals surface area contributed by atoms with Crippen molar-refractivity contribution in [3.8, 4) is 5.75 Å². The first kappa shape index (κ1) is 13.3. The van der Waals surface area contributed by atoms with Gasteiger partial charge in [-0.15, -0.1) is 0 Å². The van der Waals surface area contributed by atoms with Crippen LogP contribution in [0.5, 0.6) is 5.75 Å². The van der Waals surface area contributed by atoms with Gasteiger partial charge in [-0.2, -0.15) is 8.78 Å². The summed E-state index contributed by atoms with van der Waals surface area (Å²) in [5.41, 5.74) is -1.19. The molecule has 0 aliphatic rings. The Morgan fingerprint density at radius 2 is 2.12 bits per heavy atom. The Kier molecular flexibility index (Phi) is 3.95. The van der Waals surface area contributed by atoms with Crippen LogP contribution >= 0.6 is 11.6 Å². The van der Waals surface area contributed by atoms with Crippen LogP contribution < -0.4 is 4.74 Å². The molecule has 1 aromatic rings. The fourth-order valence-electron chi connectivity index (χ4n) is 1.21. The van der Waals surface area contributed by atoms with Crippen molar-refractivity contribution in [2.75, 3.05) is 0 Å². The zero-order valence-corrected chi connectivity index (χ0v) is 9.20. The molecule has 17 heavy (non-hydrogen) atoms. The van der Waals surface area contributed by atoms with Gasteiger partial charge in [-0.1, -0.05) is 11.6 Å². The van der Waals surface area contributed by atoms with Gasteiger partial charge in [0.1, 0.15) is 0 Å². The van der Waals surface area contributed by atoms with Gasteiger partial charge in [0.2, 0.25) is 5.75 Å². The van der Waals surface area contributed by atoms with E-state index in [1.54, 1.807) is 0 Å². The van der Waals surface area contributed by atoms with Gasteiger partial charge in [-0.3, -0.25) is 14.9 Å². The van der Waals surface area contributed by atoms with Crippen LogP contribution in [0.3, 0.4) is 0 Å². The summed E-state index contributed by atoms with van der Waals surface area (Å²) in [5.74, 6) is -1.45. The Balaban J connectivity index is 3.48. The molecule has 5 nitrogen and oxygen atoms in total. The molecule has 0 saturated heterocycles. The SMILES string of the molecule is CC(=O)c1ccc(Cl)c(OC(F)F)c1[N+](=O)[O-]. The molecule has 0 N–H and O–H groups in total. The number of Topliss-reactive ketones (excluding diaryl/α,β-unsaturated/α-hetero) is 1. The molecule has 0 atom stereocenters. The molecule has 0 bridgehead atoms. The standard InChI is InChI=1S/C9H6ClF2NO4/c1-4(14)5-2-3-6(10)8(17-9(11)12)7(5)13(15)16/h2-3,9H,1H3. The zero-order valence-electron chi connectivity index (χ0n) is 8.45. The topological polar surface area (TPSA) is 69.4 Å². The maximum Gasteiger partial charge on any atom is 0.387 e. The molecule has 1 rings (SSSR count). The van der Waals surface area contributed by atoms with Crippen LogP contribution in [0, 0.1) is 10.1 Å². The predicted molar refractivity (Wildman–Crippen MR) is 54.7 cm³/mol. The Hall–Kier alpha value is -1.76. The molecule has 92 valence electrons. The molecule has 0 spiro atoms. The number of nitro benzene ring substituents is 1. The lowest BCUT2D eigenvalue weighted by molar-refractivity contribution is -0.386. The van der Waals surface area contributed by atoms with Crippen molar-refractivity contribution < 1.29 is 23.2 Å². The molecule has 0 radical (unpaired) electrons. The number of halogens is 3. The van der Waals surface area contributed by atoms with Crippen molar-refractivity contribution in [3.05, 3.63) is 32.8 Å². The van der Waals surface area contributed by atoms with Crippen molar-refractivity contribution in [1.82, 2.24) is 0 Å². The molecular formula is C9H6ClF2NO4. The molecule has 0 fully saturated rings. The third-order valence-electron chi connectivity index (χ3n) is 1.85. The second kappa shape index (κ2) is 5.05. The highest BCUT2D eigenvalue weighted by Gasteiger charge is 2.28. The van der Waals surface area contributed by atoms with Gasteiger partial charge in [-0.05, 0) is 19.1 Å². The van der Waals surface area contributed by atoms with E-state index in [9.17, 15) is 23.7 Å². The van der Waals surface area contributed by atoms with Crippen molar-refractivity contribution in [3.63, 3.8) is 0 Å². The van der Waals surface area contributed by atoms with Crippen LogP contribution in [-0.4, -0.2) is 17.3 Å². The molecule has 8 heteroatoms. The fourth-order valence-corrected chi connectivity index (χ4v) is 1.41. The minimum atomic E-state index is -3.27. The Morgan fingerprint density at radius 1 is 1.53 bits per heavy atom. The number of rotatable bonds is 4. The summed E-state index contributed by atoms with van der Waals surface area (Å²) in [6, 6.07) is 2.17. The van der Waals surface area contributed by atoms with E-state index < -0.39 is 28.8 Å². The first-order chi connectivity index (χ1) is 7.84. The van der Waals surface area contributed by atoms with E-state index in [1.807, 2.05) is 0 Å². The maximum atomic E-state index is 12.1. The van der Waals surface area contributed by atoms with Crippen LogP contribution in [0.2, 0.25) is 5.02 Å². The number of ether oxygens (including phenoxy) is 1. The number of alkyl halides is 2. The number of carbonyl (C=O) groups is 1. The largest absolute Gasteiger partial charge is 0.426 e. The highest BCUT2D eigenvalue weighted by Crippen LogP contribution is 2.38. The molecule has 0 amide bonds. The Bertz CT molecular complexity index is 478. The quantitative estimate of drug-likeness (QED) is 0.477. The van der Waals surface area contributed by atoms with Crippen molar-refractivity contribution in [1.29, 1.82) is 0 Å². The number of ketones is 1. The summed E-state index contributed by atoms with van der Waals surface area (Å²) < 4.78 is 28.1. The second-order valence-corrected chi connectivity index (χ2v) is 3.37. The molecule has 0 heterocycles. The lowest BCUT2D eigenvalue weighted by Crippen LogP contribution is -2.08. The second-order valence-electron chi connectivity index (χ2n) is 2.96. The van der Waals surface area contributed by atoms with Gasteiger partial charge in [-0.25, -0.2) is 0 Å². The number of benzene rings is 1. The summed E-state index contributed by atoms with van der Waals surface area (Å²) in [7, 11) is 0. The Labute approximate surface area is 99.1 Å². The smallest absolute Gasteiger partial charge is 0.387 e. The van der Waals surface area contributed by atoms with Gasteiger partial charge in [0.05, 0.1) is 15.5 Å². The number of hydrogen-bond acceptors (Lipinski definition) is 4. The molecule has 0 aromatic heterocycles. The van der Waals surface area contributed by atoms with Crippen LogP contribution in [0.15, 0.2) is 12.1 Å². The average Bonchev–Trinajstić information content (AvgIpc) is 2.19. The van der Waals surface area contributed by atoms with E-state index >= 15 is 0 Å². The van der Waals surface area contributed by atoms with Crippen molar-refractivity contribution in [2.45, 2.75) is 13.5 Å². The van der Waals surface area contributed by atoms with Crippen LogP contribution in [-0.2, 0) is 0 Å². The van der Waals surface area contributed by atoms with E-state index in [0.29, 0.717) is 0 Å². The first-order valence-electron chi connectivity index (χ1n) is 4.27. The van der Waals surface area contributed by atoms with E-state index in [2.05, 4.69) is 4.74 Å². The average molecular weight is 266 g/mol. The van der Waals surface area contributed by atoms with Gasteiger partial charge < -0.3 is 4.74 Å². The predicted octanol–water partition coefficient (Wildman–Crippen LogP) is 3.05. The van der Waals surface area contributed by atoms with E-state index in [1.165, 1.54) is 0 Å². The Morgan fingerprint density at radius 3 is 2.53 bits per heavy atom. The summed E-state index contributed by atoms with van der Waals surface area (Å²) >= 11 is 5.52. The molecule has 0 saturated carbocycles. The number of carbonyl (C=O) groups excluding carboxylic acids is 1. The zero-order chi connectivity index (χ0) is 13.2. The number of nitro groups is 1. The van der Waals surface area contributed by atoms with E-state index in [0.717, 1.165) is 19.1 Å². The van der Waals surface area contributed by atoms with Gasteiger partial charge in [0.15, 0.2) is 5.78 Å². The molecule has 0 unspecified atom stereocenters. The lowest BCUT2D eigenvalue weighted by Gasteiger charge is -2.09. The summed E-state index contributed by atoms with van der Waals surface area (Å²) in [5, 5.41) is 10.4. The number of nitrogens with zero attached hydrogens (tertiary/aromatic N) is 1. The lowest BCUT2D eigenvalue weighted by atomic mass is 10.1. The highest BCUT2D eigenvalue weighted by molar-refractivity contribution is 6.32. The normalized spacial score (nSPS) is 10.4. The van der Waals surface area contributed by atoms with Crippen LogP contribution in [0.1, 0.15) is 17.3 Å². The molecule has 0 aliphatic heterocycles. The molecular weight excluding hydrogens is 260 g/mol. The highest BCUT2D eigenvalue weighted by atomic mass is 35.5. The fraction of sp³-hybridized carbons (Fsp3) is 0.222. The monoisotopic (exact) mass is 265 g/mol. The van der Waals surface area contributed by atoms with E-state index in [4.69, 9.17) is 11.6 Å². The van der Waals surface area contributed by atoms with Crippen LogP contribution in [0.4, 0.5) is 14.5 Å². The minimum absolute atomic E-state index is 0.338. The van der Waals surface area contributed by atoms with Crippen LogP contribution in [0.25, 0.3) is 0 Å². The van der Waals surface area contributed by atoms with Crippen molar-refractivity contribution in [2.24, 2.45) is 0 Å². The van der Waals surface area contributed by atoms with Gasteiger partial charge in [0.25, 0.3) is 0 Å². The summed E-state index contributed by atoms with van der Waals surface area (Å²) in [6.45, 7) is -2.20. The first-order valence-corrected chi connectivity index (χ1v) is 4.65. The third-order valence-corrected chi connectivity index (χ3v) is 2.15. The van der Waals surface area contributed by atoms with Gasteiger partial charge in [0, 0.05) is 0 Å². The molecule has 0 aliphatic carbocycles. The summed E-state index contributed by atoms with van der Waals surface area (Å²) in [4.78, 5) is 20.9. The third kappa shape index (κ3) is 2.88. The molecule has 1 aromatic carbocycles. The van der Waals surface area contributed by atoms with Crippen molar-refractivity contribution >= 4 is 23.1 Å². The summed E-state index contributed by atoms with van der Waals surface area (Å²) in [6.07, 6.45) is 0. The maximum absolute atomic E-state index is 12.1. The van der Waals surface area contributed by atoms with Gasteiger partial charge >= 0.3 is 12.3 Å². The number of hydrogen-bond donors (Lipinski definition) is 0.